The first-order chi connectivity index (χ1) is 5.79. The third-order valence-corrected chi connectivity index (χ3v) is 2.07. The average molecular weight is 172 g/mol. The molecule has 0 amide bonds. The Labute approximate surface area is 72.7 Å². The quantitative estimate of drug-likeness (QED) is 0.470. The van der Waals surface area contributed by atoms with Crippen molar-refractivity contribution in [3.63, 3.8) is 0 Å². The molecule has 1 unspecified atom stereocenters. The highest BCUT2D eigenvalue weighted by Crippen LogP contribution is 2.17. The van der Waals surface area contributed by atoms with E-state index >= 15 is 0 Å². The fourth-order valence-corrected chi connectivity index (χ4v) is 1.24. The maximum atomic E-state index is 10.1. The minimum atomic E-state index is -0.680. The summed E-state index contributed by atoms with van der Waals surface area (Å²) in [6.45, 7) is 0.940. The molecular formula is C9H16O3. The molecule has 1 aliphatic heterocycles. The summed E-state index contributed by atoms with van der Waals surface area (Å²) in [4.78, 5) is 10.1. The highest BCUT2D eigenvalue weighted by Gasteiger charge is 2.20. The minimum absolute atomic E-state index is 0.319. The van der Waals surface area contributed by atoms with Crippen molar-refractivity contribution in [2.75, 3.05) is 6.61 Å². The Morgan fingerprint density at radius 3 is 2.58 bits per heavy atom. The van der Waals surface area contributed by atoms with Gasteiger partial charge in [0.1, 0.15) is 0 Å². The number of carboxylic acid groups (broad SMARTS) is 1. The molecule has 1 fully saturated rings. The van der Waals surface area contributed by atoms with E-state index in [0.717, 1.165) is 32.3 Å². The van der Waals surface area contributed by atoms with Crippen LogP contribution in [0.2, 0.25) is 0 Å². The van der Waals surface area contributed by atoms with Gasteiger partial charge in [-0.3, -0.25) is 4.79 Å². The van der Waals surface area contributed by atoms with Crippen LogP contribution in [0.3, 0.4) is 0 Å². The van der Waals surface area contributed by atoms with Crippen molar-refractivity contribution >= 4 is 5.97 Å². The van der Waals surface area contributed by atoms with Gasteiger partial charge in [-0.15, -0.1) is 0 Å². The van der Waals surface area contributed by atoms with Crippen molar-refractivity contribution in [1.29, 1.82) is 0 Å². The van der Waals surface area contributed by atoms with E-state index in [2.05, 4.69) is 0 Å². The van der Waals surface area contributed by atoms with E-state index in [9.17, 15) is 4.79 Å². The fourth-order valence-electron chi connectivity index (χ4n) is 1.24. The molecule has 12 heavy (non-hydrogen) atoms. The Kier molecular flexibility index (Phi) is 4.08. The predicted octanol–water partition coefficient (Wildman–Crippen LogP) is 1.81. The average Bonchev–Trinajstić information content (AvgIpc) is 2.79. The topological polar surface area (TPSA) is 49.8 Å². The summed E-state index contributed by atoms with van der Waals surface area (Å²) >= 11 is 0. The number of carboxylic acids is 1. The Morgan fingerprint density at radius 2 is 2.00 bits per heavy atom. The van der Waals surface area contributed by atoms with Crippen LogP contribution in [-0.4, -0.2) is 23.8 Å². The van der Waals surface area contributed by atoms with Gasteiger partial charge >= 0.3 is 5.97 Å². The molecule has 0 aromatic rings. The Morgan fingerprint density at radius 1 is 1.33 bits per heavy atom. The van der Waals surface area contributed by atoms with Gasteiger partial charge in [-0.2, -0.15) is 0 Å². The summed E-state index contributed by atoms with van der Waals surface area (Å²) in [5.74, 6) is -0.680. The second kappa shape index (κ2) is 5.14. The van der Waals surface area contributed by atoms with Crippen LogP contribution in [0.4, 0.5) is 0 Å². The zero-order valence-electron chi connectivity index (χ0n) is 7.29. The smallest absolute Gasteiger partial charge is 0.303 e. The van der Waals surface area contributed by atoms with Crippen LogP contribution in [-0.2, 0) is 9.53 Å². The van der Waals surface area contributed by atoms with Crippen molar-refractivity contribution in [2.45, 2.75) is 44.6 Å². The molecule has 1 saturated heterocycles. The molecule has 0 bridgehead atoms. The first-order valence-corrected chi connectivity index (χ1v) is 4.62. The van der Waals surface area contributed by atoms with E-state index in [1.807, 2.05) is 0 Å². The molecule has 1 rings (SSSR count). The summed E-state index contributed by atoms with van der Waals surface area (Å²) in [6.07, 6.45) is 6.20. The number of carbonyl (C=O) groups is 1. The van der Waals surface area contributed by atoms with Gasteiger partial charge in [-0.05, 0) is 12.8 Å². The molecular weight excluding hydrogens is 156 g/mol. The third-order valence-electron chi connectivity index (χ3n) is 2.07. The number of rotatable bonds is 7. The molecule has 70 valence electrons. The Balaban J connectivity index is 1.73. The van der Waals surface area contributed by atoms with E-state index in [0.29, 0.717) is 12.5 Å². The maximum absolute atomic E-state index is 10.1. The van der Waals surface area contributed by atoms with Gasteiger partial charge in [-0.1, -0.05) is 19.3 Å². The first-order valence-electron chi connectivity index (χ1n) is 4.62. The van der Waals surface area contributed by atoms with Gasteiger partial charge in [-0.25, -0.2) is 0 Å². The fraction of sp³-hybridized carbons (Fsp3) is 0.889. The number of ether oxygens (including phenoxy) is 1. The van der Waals surface area contributed by atoms with Crippen LogP contribution in [0.1, 0.15) is 38.5 Å². The molecule has 0 aliphatic carbocycles. The second-order valence-corrected chi connectivity index (χ2v) is 3.30. The maximum Gasteiger partial charge on any atom is 0.303 e. The lowest BCUT2D eigenvalue weighted by atomic mass is 10.1. The molecule has 0 radical (unpaired) electrons. The highest BCUT2D eigenvalue weighted by atomic mass is 16.6. The lowest BCUT2D eigenvalue weighted by Gasteiger charge is -1.97. The van der Waals surface area contributed by atoms with Crippen molar-refractivity contribution in [1.82, 2.24) is 0 Å². The zero-order chi connectivity index (χ0) is 8.81. The number of aliphatic carboxylic acids is 1. The number of epoxide rings is 1. The van der Waals surface area contributed by atoms with E-state index in [-0.39, 0.29) is 0 Å². The van der Waals surface area contributed by atoms with Gasteiger partial charge in [0.15, 0.2) is 0 Å². The normalized spacial score (nSPS) is 20.8. The molecule has 0 aromatic carbocycles. The van der Waals surface area contributed by atoms with Crippen LogP contribution in [0, 0.1) is 0 Å². The van der Waals surface area contributed by atoms with Crippen molar-refractivity contribution in [3.05, 3.63) is 0 Å². The first kappa shape index (κ1) is 9.52. The van der Waals surface area contributed by atoms with Crippen molar-refractivity contribution in [3.8, 4) is 0 Å². The van der Waals surface area contributed by atoms with Gasteiger partial charge in [0.25, 0.3) is 0 Å². The summed E-state index contributed by atoms with van der Waals surface area (Å²) in [6, 6.07) is 0. The number of unbranched alkanes of at least 4 members (excludes halogenated alkanes) is 3. The molecule has 1 atom stereocenters. The van der Waals surface area contributed by atoms with E-state index in [4.69, 9.17) is 9.84 Å². The second-order valence-electron chi connectivity index (χ2n) is 3.30. The SMILES string of the molecule is O=C(O)CCCCCCC1CO1. The molecule has 0 aromatic heterocycles. The van der Waals surface area contributed by atoms with Crippen LogP contribution in [0.5, 0.6) is 0 Å². The Bertz CT molecular complexity index is 141. The number of hydrogen-bond donors (Lipinski definition) is 1. The largest absolute Gasteiger partial charge is 0.481 e. The lowest BCUT2D eigenvalue weighted by molar-refractivity contribution is -0.137. The Hall–Kier alpha value is -0.570. The molecule has 1 aliphatic rings. The third kappa shape index (κ3) is 5.13. The van der Waals surface area contributed by atoms with Gasteiger partial charge in [0.05, 0.1) is 12.7 Å². The monoisotopic (exact) mass is 172 g/mol. The van der Waals surface area contributed by atoms with Gasteiger partial charge in [0, 0.05) is 6.42 Å². The minimum Gasteiger partial charge on any atom is -0.481 e. The standard InChI is InChI=1S/C9H16O3/c10-9(11)6-4-2-1-3-5-8-7-12-8/h8H,1-7H2,(H,10,11). The zero-order valence-corrected chi connectivity index (χ0v) is 7.29. The molecule has 3 heteroatoms. The molecule has 0 saturated carbocycles. The summed E-state index contributed by atoms with van der Waals surface area (Å²) < 4.78 is 5.06. The van der Waals surface area contributed by atoms with Crippen LogP contribution >= 0.6 is 0 Å². The molecule has 1 N–H and O–H groups in total. The summed E-state index contributed by atoms with van der Waals surface area (Å²) in [5.41, 5.74) is 0. The van der Waals surface area contributed by atoms with Gasteiger partial charge in [0.2, 0.25) is 0 Å². The lowest BCUT2D eigenvalue weighted by Crippen LogP contribution is -1.93. The highest BCUT2D eigenvalue weighted by molar-refractivity contribution is 5.66. The van der Waals surface area contributed by atoms with Gasteiger partial charge < -0.3 is 9.84 Å². The summed E-state index contributed by atoms with van der Waals surface area (Å²) in [7, 11) is 0. The van der Waals surface area contributed by atoms with Crippen molar-refractivity contribution < 1.29 is 14.6 Å². The van der Waals surface area contributed by atoms with E-state index in [1.165, 1.54) is 6.42 Å². The van der Waals surface area contributed by atoms with Crippen LogP contribution in [0.25, 0.3) is 0 Å². The van der Waals surface area contributed by atoms with Crippen LogP contribution < -0.4 is 0 Å². The molecule has 1 heterocycles. The van der Waals surface area contributed by atoms with Crippen molar-refractivity contribution in [2.24, 2.45) is 0 Å². The van der Waals surface area contributed by atoms with E-state index < -0.39 is 5.97 Å². The van der Waals surface area contributed by atoms with Crippen LogP contribution in [0.15, 0.2) is 0 Å². The predicted molar refractivity (Wildman–Crippen MR) is 45.1 cm³/mol. The summed E-state index contributed by atoms with van der Waals surface area (Å²) in [5, 5.41) is 8.35. The van der Waals surface area contributed by atoms with E-state index in [1.54, 1.807) is 0 Å². The molecule has 0 spiro atoms. The molecule has 3 nitrogen and oxygen atoms in total. The number of hydrogen-bond acceptors (Lipinski definition) is 2.